The van der Waals surface area contributed by atoms with Crippen LogP contribution in [0, 0.1) is 6.92 Å². The molecule has 148 valence electrons. The van der Waals surface area contributed by atoms with E-state index in [1.165, 1.54) is 12.1 Å². The highest BCUT2D eigenvalue weighted by molar-refractivity contribution is 7.92. The van der Waals surface area contributed by atoms with Gasteiger partial charge in [-0.2, -0.15) is 13.2 Å². The van der Waals surface area contributed by atoms with Gasteiger partial charge in [-0.1, -0.05) is 54.1 Å². The standard InChI is InChI=1S/C21H15F3N2O2S/c1-13-6-9-15(10-7-13)29(27,28)26-18-12-19(21(22,23)24)25-20-16-5-3-2-4-14(16)8-11-17(18)20/h2-12H,1H3,(H,25,26). The number of rotatable bonds is 3. The lowest BCUT2D eigenvalue weighted by Gasteiger charge is -2.15. The van der Waals surface area contributed by atoms with Gasteiger partial charge in [-0.3, -0.25) is 4.72 Å². The predicted molar refractivity (Wildman–Crippen MR) is 106 cm³/mol. The fourth-order valence-electron chi connectivity index (χ4n) is 3.11. The molecule has 29 heavy (non-hydrogen) atoms. The third-order valence-electron chi connectivity index (χ3n) is 4.57. The van der Waals surface area contributed by atoms with Crippen LogP contribution in [-0.2, 0) is 16.2 Å². The zero-order chi connectivity index (χ0) is 20.8. The minimum absolute atomic E-state index is 0.0394. The highest BCUT2D eigenvalue weighted by Gasteiger charge is 2.34. The third-order valence-corrected chi connectivity index (χ3v) is 5.95. The average molecular weight is 416 g/mol. The molecule has 8 heteroatoms. The molecule has 3 aromatic carbocycles. The summed E-state index contributed by atoms with van der Waals surface area (Å²) in [5.41, 5.74) is -0.389. The van der Waals surface area contributed by atoms with Crippen LogP contribution < -0.4 is 4.72 Å². The van der Waals surface area contributed by atoms with E-state index in [2.05, 4.69) is 9.71 Å². The van der Waals surface area contributed by atoms with E-state index in [0.29, 0.717) is 10.8 Å². The van der Waals surface area contributed by atoms with Crippen LogP contribution in [0.1, 0.15) is 11.3 Å². The summed E-state index contributed by atoms with van der Waals surface area (Å²) in [6, 6.07) is 16.9. The van der Waals surface area contributed by atoms with Crippen molar-refractivity contribution in [1.29, 1.82) is 0 Å². The van der Waals surface area contributed by atoms with Gasteiger partial charge in [-0.15, -0.1) is 0 Å². The van der Waals surface area contributed by atoms with E-state index in [0.717, 1.165) is 11.6 Å². The minimum atomic E-state index is -4.73. The van der Waals surface area contributed by atoms with Crippen LogP contribution in [0.5, 0.6) is 0 Å². The second-order valence-electron chi connectivity index (χ2n) is 6.65. The van der Waals surface area contributed by atoms with Crippen molar-refractivity contribution < 1.29 is 21.6 Å². The SMILES string of the molecule is Cc1ccc(S(=O)(=O)Nc2cc(C(F)(F)F)nc3c2ccc2ccccc23)cc1. The lowest BCUT2D eigenvalue weighted by Crippen LogP contribution is -2.15. The zero-order valence-corrected chi connectivity index (χ0v) is 16.0. The first-order chi connectivity index (χ1) is 13.6. The Morgan fingerprint density at radius 2 is 1.59 bits per heavy atom. The molecule has 0 radical (unpaired) electrons. The minimum Gasteiger partial charge on any atom is -0.279 e. The molecule has 0 unspecified atom stereocenters. The first kappa shape index (κ1) is 19.2. The summed E-state index contributed by atoms with van der Waals surface area (Å²) in [6.07, 6.45) is -4.73. The summed E-state index contributed by atoms with van der Waals surface area (Å²) in [7, 11) is -4.08. The smallest absolute Gasteiger partial charge is 0.279 e. The van der Waals surface area contributed by atoms with Crippen LogP contribution in [-0.4, -0.2) is 13.4 Å². The largest absolute Gasteiger partial charge is 0.433 e. The van der Waals surface area contributed by atoms with Gasteiger partial charge in [0.25, 0.3) is 10.0 Å². The van der Waals surface area contributed by atoms with Crippen LogP contribution in [0.2, 0.25) is 0 Å². The predicted octanol–water partition coefficient (Wildman–Crippen LogP) is 5.52. The highest BCUT2D eigenvalue weighted by Crippen LogP contribution is 2.36. The lowest BCUT2D eigenvalue weighted by molar-refractivity contribution is -0.140. The summed E-state index contributed by atoms with van der Waals surface area (Å²) in [6.45, 7) is 1.81. The number of sulfonamides is 1. The molecule has 0 aliphatic heterocycles. The Hall–Kier alpha value is -3.13. The topological polar surface area (TPSA) is 59.1 Å². The lowest BCUT2D eigenvalue weighted by atomic mass is 10.0. The highest BCUT2D eigenvalue weighted by atomic mass is 32.2. The molecule has 1 N–H and O–H groups in total. The van der Waals surface area contributed by atoms with E-state index in [1.54, 1.807) is 55.5 Å². The number of alkyl halides is 3. The monoisotopic (exact) mass is 416 g/mol. The number of anilines is 1. The molecule has 4 aromatic rings. The maximum Gasteiger partial charge on any atom is 0.433 e. The number of nitrogens with one attached hydrogen (secondary N) is 1. The molecule has 0 spiro atoms. The number of aryl methyl sites for hydroxylation is 1. The van der Waals surface area contributed by atoms with E-state index >= 15 is 0 Å². The van der Waals surface area contributed by atoms with Crippen LogP contribution in [0.25, 0.3) is 21.7 Å². The molecule has 0 saturated carbocycles. The van der Waals surface area contributed by atoms with E-state index in [1.807, 2.05) is 0 Å². The Kier molecular flexibility index (Phi) is 4.46. The van der Waals surface area contributed by atoms with Gasteiger partial charge in [-0.05, 0) is 30.5 Å². The number of benzene rings is 3. The number of hydrogen-bond donors (Lipinski definition) is 1. The first-order valence-corrected chi connectivity index (χ1v) is 10.1. The van der Waals surface area contributed by atoms with Gasteiger partial charge < -0.3 is 0 Å². The third kappa shape index (κ3) is 3.63. The molecule has 4 nitrogen and oxygen atoms in total. The molecular weight excluding hydrogens is 401 g/mol. The molecule has 1 aromatic heterocycles. The number of hydrogen-bond acceptors (Lipinski definition) is 3. The second-order valence-corrected chi connectivity index (χ2v) is 8.34. The Morgan fingerprint density at radius 1 is 0.897 bits per heavy atom. The van der Waals surface area contributed by atoms with Gasteiger partial charge in [0.05, 0.1) is 16.1 Å². The Morgan fingerprint density at radius 3 is 2.28 bits per heavy atom. The molecule has 0 fully saturated rings. The van der Waals surface area contributed by atoms with Crippen LogP contribution >= 0.6 is 0 Å². The molecule has 0 aliphatic rings. The molecule has 4 rings (SSSR count). The molecule has 1 heterocycles. The summed E-state index contributed by atoms with van der Waals surface area (Å²) < 4.78 is 68.2. The van der Waals surface area contributed by atoms with Crippen molar-refractivity contribution >= 4 is 37.4 Å². The maximum atomic E-state index is 13.5. The fraction of sp³-hybridized carbons (Fsp3) is 0.0952. The Labute approximate surface area is 165 Å². The number of halogens is 3. The second kappa shape index (κ2) is 6.73. The normalized spacial score (nSPS) is 12.4. The molecule has 0 amide bonds. The van der Waals surface area contributed by atoms with Crippen LogP contribution in [0.15, 0.2) is 71.6 Å². The van der Waals surface area contributed by atoms with E-state index in [9.17, 15) is 21.6 Å². The zero-order valence-electron chi connectivity index (χ0n) is 15.2. The molecular formula is C21H15F3N2O2S. The molecule has 0 bridgehead atoms. The van der Waals surface area contributed by atoms with Gasteiger partial charge in [0.1, 0.15) is 5.69 Å². The van der Waals surface area contributed by atoms with Crippen LogP contribution in [0.3, 0.4) is 0 Å². The molecule has 0 saturated heterocycles. The summed E-state index contributed by atoms with van der Waals surface area (Å²) in [5.74, 6) is 0. The summed E-state index contributed by atoms with van der Waals surface area (Å²) in [5, 5.41) is 1.50. The molecule has 0 atom stereocenters. The number of aromatic nitrogens is 1. The van der Waals surface area contributed by atoms with Crippen molar-refractivity contribution in [1.82, 2.24) is 4.98 Å². The van der Waals surface area contributed by atoms with Crippen molar-refractivity contribution in [2.24, 2.45) is 0 Å². The summed E-state index contributed by atoms with van der Waals surface area (Å²) in [4.78, 5) is 3.75. The number of pyridine rings is 1. The Bertz CT molecular complexity index is 1330. The van der Waals surface area contributed by atoms with E-state index in [-0.39, 0.29) is 21.5 Å². The van der Waals surface area contributed by atoms with Crippen molar-refractivity contribution in [3.05, 3.63) is 78.0 Å². The Balaban J connectivity index is 1.95. The van der Waals surface area contributed by atoms with Crippen molar-refractivity contribution in [2.75, 3.05) is 4.72 Å². The quantitative estimate of drug-likeness (QED) is 0.448. The number of nitrogens with zero attached hydrogens (tertiary/aromatic N) is 1. The van der Waals surface area contributed by atoms with Gasteiger partial charge in [0.15, 0.2) is 0 Å². The van der Waals surface area contributed by atoms with Crippen molar-refractivity contribution in [2.45, 2.75) is 18.0 Å². The summed E-state index contributed by atoms with van der Waals surface area (Å²) >= 11 is 0. The van der Waals surface area contributed by atoms with E-state index < -0.39 is 21.9 Å². The first-order valence-electron chi connectivity index (χ1n) is 8.64. The average Bonchev–Trinajstić information content (AvgIpc) is 2.67. The van der Waals surface area contributed by atoms with Gasteiger partial charge in [0.2, 0.25) is 0 Å². The molecule has 0 aliphatic carbocycles. The van der Waals surface area contributed by atoms with Crippen molar-refractivity contribution in [3.63, 3.8) is 0 Å². The van der Waals surface area contributed by atoms with Gasteiger partial charge in [-0.25, -0.2) is 13.4 Å². The van der Waals surface area contributed by atoms with Crippen molar-refractivity contribution in [3.8, 4) is 0 Å². The number of fused-ring (bicyclic) bond motifs is 3. The van der Waals surface area contributed by atoms with Gasteiger partial charge >= 0.3 is 6.18 Å². The van der Waals surface area contributed by atoms with E-state index in [4.69, 9.17) is 0 Å². The maximum absolute atomic E-state index is 13.5. The fourth-order valence-corrected chi connectivity index (χ4v) is 4.18. The van der Waals surface area contributed by atoms with Crippen LogP contribution in [0.4, 0.5) is 18.9 Å². The van der Waals surface area contributed by atoms with Gasteiger partial charge in [0, 0.05) is 10.8 Å².